The minimum Gasteiger partial charge on any atom is -0.355 e. The van der Waals surface area contributed by atoms with Gasteiger partial charge >= 0.3 is 0 Å². The number of hydrogen-bond acceptors (Lipinski definition) is 2. The zero-order valence-corrected chi connectivity index (χ0v) is 12.4. The van der Waals surface area contributed by atoms with Crippen molar-refractivity contribution in [1.29, 1.82) is 0 Å². The van der Waals surface area contributed by atoms with Gasteiger partial charge in [-0.2, -0.15) is 0 Å². The van der Waals surface area contributed by atoms with Crippen molar-refractivity contribution in [2.45, 2.75) is 6.92 Å². The number of H-pyrrole nitrogens is 1. The van der Waals surface area contributed by atoms with Crippen LogP contribution in [0.1, 0.15) is 15.9 Å². The summed E-state index contributed by atoms with van der Waals surface area (Å²) in [4.78, 5) is 26.4. The van der Waals surface area contributed by atoms with E-state index in [1.807, 2.05) is 43.3 Å². The molecule has 0 unspecified atom stereocenters. The third-order valence-electron chi connectivity index (χ3n) is 3.76. The largest absolute Gasteiger partial charge is 0.355 e. The molecule has 0 spiro atoms. The number of rotatable bonds is 2. The fourth-order valence-electron chi connectivity index (χ4n) is 2.66. The summed E-state index contributed by atoms with van der Waals surface area (Å²) in [6, 6.07) is 14.9. The summed E-state index contributed by atoms with van der Waals surface area (Å²) in [6.45, 7) is 1.91. The Labute approximate surface area is 127 Å². The zero-order chi connectivity index (χ0) is 15.7. The topological polar surface area (TPSA) is 62.0 Å². The van der Waals surface area contributed by atoms with E-state index in [2.05, 4.69) is 10.3 Å². The van der Waals surface area contributed by atoms with Crippen LogP contribution in [0.2, 0.25) is 0 Å². The predicted octanol–water partition coefficient (Wildman–Crippen LogP) is 2.86. The van der Waals surface area contributed by atoms with Gasteiger partial charge in [0.2, 0.25) is 5.56 Å². The van der Waals surface area contributed by atoms with Crippen LogP contribution in [0.3, 0.4) is 0 Å². The van der Waals surface area contributed by atoms with Gasteiger partial charge in [0.25, 0.3) is 5.91 Å². The first kappa shape index (κ1) is 14.1. The summed E-state index contributed by atoms with van der Waals surface area (Å²) in [5.41, 5.74) is 4.05. The maximum Gasteiger partial charge on any atom is 0.251 e. The molecular weight excluding hydrogens is 276 g/mol. The molecular formula is C18H16N2O2. The van der Waals surface area contributed by atoms with E-state index in [0.717, 1.165) is 27.6 Å². The van der Waals surface area contributed by atoms with E-state index in [1.165, 1.54) is 0 Å². The number of aromatic amines is 1. The Morgan fingerprint density at radius 2 is 1.86 bits per heavy atom. The summed E-state index contributed by atoms with van der Waals surface area (Å²) < 4.78 is 0. The molecule has 2 N–H and O–H groups in total. The molecule has 22 heavy (non-hydrogen) atoms. The maximum atomic E-state index is 12.0. The van der Waals surface area contributed by atoms with Crippen molar-refractivity contribution in [1.82, 2.24) is 10.3 Å². The Kier molecular flexibility index (Phi) is 3.51. The molecule has 3 rings (SSSR count). The molecule has 0 saturated heterocycles. The molecule has 0 radical (unpaired) electrons. The number of fused-ring (bicyclic) bond motifs is 1. The van der Waals surface area contributed by atoms with Crippen molar-refractivity contribution < 1.29 is 4.79 Å². The molecule has 0 aliphatic rings. The number of hydrogen-bond donors (Lipinski definition) is 2. The van der Waals surface area contributed by atoms with Crippen LogP contribution in [0.4, 0.5) is 0 Å². The summed E-state index contributed by atoms with van der Waals surface area (Å²) in [5, 5.41) is 3.64. The standard InChI is InChI=1S/C18H16N2O2/c1-11-9-17(21)20-16-8-7-12(10-15(11)16)13-5-3-4-6-14(13)18(22)19-2/h3-10H,1-2H3,(H,19,22)(H,20,21). The van der Waals surface area contributed by atoms with Crippen LogP contribution in [0.15, 0.2) is 53.3 Å². The molecule has 0 saturated carbocycles. The van der Waals surface area contributed by atoms with Crippen LogP contribution in [0, 0.1) is 6.92 Å². The summed E-state index contributed by atoms with van der Waals surface area (Å²) in [6.07, 6.45) is 0. The van der Waals surface area contributed by atoms with Gasteiger partial charge in [0.05, 0.1) is 0 Å². The van der Waals surface area contributed by atoms with E-state index < -0.39 is 0 Å². The molecule has 0 aliphatic heterocycles. The lowest BCUT2D eigenvalue weighted by Crippen LogP contribution is -2.18. The van der Waals surface area contributed by atoms with Crippen LogP contribution < -0.4 is 10.9 Å². The smallest absolute Gasteiger partial charge is 0.251 e. The molecule has 2 aromatic carbocycles. The molecule has 0 aliphatic carbocycles. The highest BCUT2D eigenvalue weighted by Crippen LogP contribution is 2.27. The number of pyridine rings is 1. The lowest BCUT2D eigenvalue weighted by atomic mass is 9.97. The maximum absolute atomic E-state index is 12.0. The third kappa shape index (κ3) is 2.39. The van der Waals surface area contributed by atoms with Crippen LogP contribution in [0.25, 0.3) is 22.0 Å². The van der Waals surface area contributed by atoms with Crippen molar-refractivity contribution in [3.05, 3.63) is 70.0 Å². The quantitative estimate of drug-likeness (QED) is 0.763. The van der Waals surface area contributed by atoms with Crippen molar-refractivity contribution in [2.24, 2.45) is 0 Å². The lowest BCUT2D eigenvalue weighted by molar-refractivity contribution is 0.0963. The second kappa shape index (κ2) is 5.48. The van der Waals surface area contributed by atoms with Gasteiger partial charge in [-0.05, 0) is 41.8 Å². The first-order valence-corrected chi connectivity index (χ1v) is 7.05. The van der Waals surface area contributed by atoms with E-state index in [1.54, 1.807) is 19.2 Å². The van der Waals surface area contributed by atoms with Crippen molar-refractivity contribution in [2.75, 3.05) is 7.05 Å². The van der Waals surface area contributed by atoms with Crippen LogP contribution in [-0.4, -0.2) is 17.9 Å². The third-order valence-corrected chi connectivity index (χ3v) is 3.76. The van der Waals surface area contributed by atoms with Gasteiger partial charge in [-0.1, -0.05) is 24.3 Å². The number of amides is 1. The number of benzene rings is 2. The number of aromatic nitrogens is 1. The van der Waals surface area contributed by atoms with Crippen LogP contribution in [0.5, 0.6) is 0 Å². The molecule has 1 aromatic heterocycles. The molecule has 1 heterocycles. The van der Waals surface area contributed by atoms with E-state index in [0.29, 0.717) is 5.56 Å². The second-order valence-electron chi connectivity index (χ2n) is 5.20. The SMILES string of the molecule is CNC(=O)c1ccccc1-c1ccc2[nH]c(=O)cc(C)c2c1. The minimum atomic E-state index is -0.117. The van der Waals surface area contributed by atoms with Gasteiger partial charge in [0.15, 0.2) is 0 Å². The molecule has 110 valence electrons. The lowest BCUT2D eigenvalue weighted by Gasteiger charge is -2.10. The molecule has 0 bridgehead atoms. The Bertz CT molecular complexity index is 926. The van der Waals surface area contributed by atoms with Crippen molar-refractivity contribution in [3.63, 3.8) is 0 Å². The monoisotopic (exact) mass is 292 g/mol. The summed E-state index contributed by atoms with van der Waals surface area (Å²) in [5.74, 6) is -0.117. The van der Waals surface area contributed by atoms with Crippen molar-refractivity contribution in [3.8, 4) is 11.1 Å². The average Bonchev–Trinajstić information content (AvgIpc) is 2.53. The molecule has 4 heteroatoms. The Morgan fingerprint density at radius 1 is 1.09 bits per heavy atom. The van der Waals surface area contributed by atoms with Crippen LogP contribution >= 0.6 is 0 Å². The Hall–Kier alpha value is -2.88. The number of carbonyl (C=O) groups excluding carboxylic acids is 1. The highest BCUT2D eigenvalue weighted by molar-refractivity contribution is 6.01. The summed E-state index contributed by atoms with van der Waals surface area (Å²) in [7, 11) is 1.62. The van der Waals surface area contributed by atoms with Crippen molar-refractivity contribution >= 4 is 16.8 Å². The number of aryl methyl sites for hydroxylation is 1. The van der Waals surface area contributed by atoms with E-state index in [-0.39, 0.29) is 11.5 Å². The molecule has 0 fully saturated rings. The molecule has 3 aromatic rings. The zero-order valence-electron chi connectivity index (χ0n) is 12.4. The van der Waals surface area contributed by atoms with E-state index >= 15 is 0 Å². The highest BCUT2D eigenvalue weighted by atomic mass is 16.1. The molecule has 4 nitrogen and oxygen atoms in total. The fourth-order valence-corrected chi connectivity index (χ4v) is 2.66. The Balaban J connectivity index is 2.24. The van der Waals surface area contributed by atoms with Crippen LogP contribution in [-0.2, 0) is 0 Å². The molecule has 0 atom stereocenters. The number of nitrogens with one attached hydrogen (secondary N) is 2. The first-order valence-electron chi connectivity index (χ1n) is 7.05. The first-order chi connectivity index (χ1) is 10.6. The van der Waals surface area contributed by atoms with E-state index in [4.69, 9.17) is 0 Å². The van der Waals surface area contributed by atoms with Gasteiger partial charge in [0.1, 0.15) is 0 Å². The van der Waals surface area contributed by atoms with E-state index in [9.17, 15) is 9.59 Å². The van der Waals surface area contributed by atoms with Gasteiger partial charge in [-0.3, -0.25) is 9.59 Å². The van der Waals surface area contributed by atoms with Gasteiger partial charge in [0, 0.05) is 29.6 Å². The predicted molar refractivity (Wildman–Crippen MR) is 88.1 cm³/mol. The van der Waals surface area contributed by atoms with Gasteiger partial charge in [-0.25, -0.2) is 0 Å². The van der Waals surface area contributed by atoms with Gasteiger partial charge < -0.3 is 10.3 Å². The average molecular weight is 292 g/mol. The summed E-state index contributed by atoms with van der Waals surface area (Å²) >= 11 is 0. The number of carbonyl (C=O) groups is 1. The molecule has 1 amide bonds. The fraction of sp³-hybridized carbons (Fsp3) is 0.111. The second-order valence-corrected chi connectivity index (χ2v) is 5.20. The Morgan fingerprint density at radius 3 is 2.64 bits per heavy atom. The minimum absolute atomic E-state index is 0.108. The normalized spacial score (nSPS) is 10.6. The highest BCUT2D eigenvalue weighted by Gasteiger charge is 2.11. The van der Waals surface area contributed by atoms with Gasteiger partial charge in [-0.15, -0.1) is 0 Å².